The van der Waals surface area contributed by atoms with E-state index < -0.39 is 24.4 Å². The van der Waals surface area contributed by atoms with Crippen LogP contribution in [-0.2, 0) is 0 Å². The molecule has 0 rings (SSSR count). The standard InChI is InChI=1S/C5H6F6O.C4H10/c1-2-3(12,4(6,7)8)5(9,10)11;1-3-4-2/h12H,2H2,1H3;3-4H2,1-2H3. The minimum Gasteiger partial charge on any atom is -0.374 e. The average molecular weight is 254 g/mol. The third-order valence-corrected chi connectivity index (χ3v) is 1.95. The minimum absolute atomic E-state index is 0.612. The number of hydrogen-bond donors (Lipinski definition) is 1. The number of alkyl halides is 6. The Morgan fingerprint density at radius 2 is 1.00 bits per heavy atom. The smallest absolute Gasteiger partial charge is 0.374 e. The van der Waals surface area contributed by atoms with Crippen LogP contribution in [0.5, 0.6) is 0 Å². The van der Waals surface area contributed by atoms with Crippen molar-refractivity contribution in [1.29, 1.82) is 0 Å². The molecule has 0 aliphatic rings. The Hall–Kier alpha value is -0.460. The molecule has 100 valence electrons. The highest BCUT2D eigenvalue weighted by Gasteiger charge is 2.69. The predicted molar refractivity (Wildman–Crippen MR) is 47.9 cm³/mol. The first-order valence-corrected chi connectivity index (χ1v) is 4.83. The Balaban J connectivity index is 0. The van der Waals surface area contributed by atoms with Crippen molar-refractivity contribution in [3.05, 3.63) is 0 Å². The van der Waals surface area contributed by atoms with Crippen molar-refractivity contribution in [3.63, 3.8) is 0 Å². The van der Waals surface area contributed by atoms with Gasteiger partial charge in [0.15, 0.2) is 0 Å². The van der Waals surface area contributed by atoms with Crippen LogP contribution >= 0.6 is 0 Å². The zero-order chi connectivity index (χ0) is 13.6. The quantitative estimate of drug-likeness (QED) is 0.737. The first kappa shape index (κ1) is 17.9. The molecule has 0 aromatic heterocycles. The Bertz CT molecular complexity index is 167. The zero-order valence-electron chi connectivity index (χ0n) is 9.34. The number of rotatable bonds is 2. The molecule has 0 bridgehead atoms. The van der Waals surface area contributed by atoms with Crippen molar-refractivity contribution in [3.8, 4) is 0 Å². The second-order valence-corrected chi connectivity index (χ2v) is 3.21. The fraction of sp³-hybridized carbons (Fsp3) is 1.00. The molecule has 16 heavy (non-hydrogen) atoms. The Kier molecular flexibility index (Phi) is 7.08. The van der Waals surface area contributed by atoms with E-state index in [0.29, 0.717) is 6.92 Å². The van der Waals surface area contributed by atoms with Gasteiger partial charge in [-0.3, -0.25) is 0 Å². The van der Waals surface area contributed by atoms with Gasteiger partial charge in [-0.25, -0.2) is 0 Å². The fourth-order valence-electron chi connectivity index (χ4n) is 0.562. The Labute approximate surface area is 90.5 Å². The van der Waals surface area contributed by atoms with Gasteiger partial charge in [0.1, 0.15) is 0 Å². The van der Waals surface area contributed by atoms with Crippen molar-refractivity contribution in [2.24, 2.45) is 0 Å². The van der Waals surface area contributed by atoms with E-state index in [-0.39, 0.29) is 0 Å². The number of halogens is 6. The molecule has 0 aromatic rings. The monoisotopic (exact) mass is 254 g/mol. The van der Waals surface area contributed by atoms with Gasteiger partial charge in [-0.2, -0.15) is 26.3 Å². The van der Waals surface area contributed by atoms with Crippen molar-refractivity contribution in [2.75, 3.05) is 0 Å². The van der Waals surface area contributed by atoms with Crippen LogP contribution in [0.3, 0.4) is 0 Å². The third-order valence-electron chi connectivity index (χ3n) is 1.95. The summed E-state index contributed by atoms with van der Waals surface area (Å²) >= 11 is 0. The lowest BCUT2D eigenvalue weighted by Crippen LogP contribution is -2.56. The summed E-state index contributed by atoms with van der Waals surface area (Å²) in [5.41, 5.74) is -4.58. The molecule has 0 saturated heterocycles. The van der Waals surface area contributed by atoms with Crippen molar-refractivity contribution in [2.45, 2.75) is 58.0 Å². The lowest BCUT2D eigenvalue weighted by molar-refractivity contribution is -0.368. The fourth-order valence-corrected chi connectivity index (χ4v) is 0.562. The highest BCUT2D eigenvalue weighted by molar-refractivity contribution is 4.92. The first-order chi connectivity index (χ1) is 6.97. The Morgan fingerprint density at radius 1 is 0.750 bits per heavy atom. The molecule has 0 aliphatic heterocycles. The van der Waals surface area contributed by atoms with Crippen LogP contribution in [0.4, 0.5) is 26.3 Å². The van der Waals surface area contributed by atoms with E-state index in [1.54, 1.807) is 0 Å². The molecule has 0 fully saturated rings. The Morgan fingerprint density at radius 3 is 1.00 bits per heavy atom. The summed E-state index contributed by atoms with van der Waals surface area (Å²) in [6, 6.07) is 0. The molecule has 0 saturated carbocycles. The lowest BCUT2D eigenvalue weighted by Gasteiger charge is -2.30. The molecule has 0 aromatic carbocycles. The van der Waals surface area contributed by atoms with E-state index >= 15 is 0 Å². The van der Waals surface area contributed by atoms with Gasteiger partial charge in [-0.05, 0) is 6.42 Å². The maximum atomic E-state index is 11.6. The lowest BCUT2D eigenvalue weighted by atomic mass is 10.00. The molecule has 7 heteroatoms. The van der Waals surface area contributed by atoms with Crippen molar-refractivity contribution < 1.29 is 31.4 Å². The maximum absolute atomic E-state index is 11.6. The third kappa shape index (κ3) is 4.59. The summed E-state index contributed by atoms with van der Waals surface area (Å²) in [6.45, 7) is 4.97. The highest BCUT2D eigenvalue weighted by Crippen LogP contribution is 2.44. The van der Waals surface area contributed by atoms with Gasteiger partial charge in [-0.1, -0.05) is 33.6 Å². The minimum atomic E-state index is -5.68. The van der Waals surface area contributed by atoms with E-state index in [0.717, 1.165) is 0 Å². The maximum Gasteiger partial charge on any atom is 0.426 e. The summed E-state index contributed by atoms with van der Waals surface area (Å²) in [5.74, 6) is 0. The molecule has 0 aliphatic carbocycles. The molecule has 0 radical (unpaired) electrons. The van der Waals surface area contributed by atoms with Crippen LogP contribution in [0.2, 0.25) is 0 Å². The molecule has 0 amide bonds. The van der Waals surface area contributed by atoms with Gasteiger partial charge >= 0.3 is 12.4 Å². The average Bonchev–Trinajstić information content (AvgIpc) is 2.13. The van der Waals surface area contributed by atoms with Crippen LogP contribution in [0.15, 0.2) is 0 Å². The molecular formula is C9H16F6O. The van der Waals surface area contributed by atoms with E-state index in [9.17, 15) is 26.3 Å². The summed E-state index contributed by atoms with van der Waals surface area (Å²) in [4.78, 5) is 0. The van der Waals surface area contributed by atoms with Crippen LogP contribution in [0.25, 0.3) is 0 Å². The second kappa shape index (κ2) is 6.32. The zero-order valence-corrected chi connectivity index (χ0v) is 9.34. The first-order valence-electron chi connectivity index (χ1n) is 4.83. The predicted octanol–water partition coefficient (Wildman–Crippen LogP) is 4.06. The molecule has 0 unspecified atom stereocenters. The largest absolute Gasteiger partial charge is 0.426 e. The van der Waals surface area contributed by atoms with Crippen LogP contribution in [0.1, 0.15) is 40.0 Å². The summed E-state index contributed by atoms with van der Waals surface area (Å²) < 4.78 is 69.8. The molecule has 0 spiro atoms. The van der Waals surface area contributed by atoms with Crippen LogP contribution in [-0.4, -0.2) is 23.1 Å². The van der Waals surface area contributed by atoms with Gasteiger partial charge in [0.25, 0.3) is 5.60 Å². The normalized spacial score (nSPS) is 13.1. The van der Waals surface area contributed by atoms with Crippen molar-refractivity contribution >= 4 is 0 Å². The number of aliphatic hydroxyl groups is 1. The van der Waals surface area contributed by atoms with Gasteiger partial charge in [0.05, 0.1) is 0 Å². The van der Waals surface area contributed by atoms with Gasteiger partial charge in [0.2, 0.25) is 0 Å². The molecule has 0 atom stereocenters. The molecular weight excluding hydrogens is 238 g/mol. The van der Waals surface area contributed by atoms with Crippen LogP contribution < -0.4 is 0 Å². The van der Waals surface area contributed by atoms with E-state index in [1.807, 2.05) is 0 Å². The summed E-state index contributed by atoms with van der Waals surface area (Å²) in [5, 5.41) is 8.24. The van der Waals surface area contributed by atoms with Crippen LogP contribution in [0, 0.1) is 0 Å². The second-order valence-electron chi connectivity index (χ2n) is 3.21. The number of unbranched alkanes of at least 4 members (excludes halogenated alkanes) is 1. The molecule has 0 heterocycles. The summed E-state index contributed by atoms with van der Waals surface area (Å²) in [7, 11) is 0. The van der Waals surface area contributed by atoms with Gasteiger partial charge in [0, 0.05) is 0 Å². The SMILES string of the molecule is CCC(O)(C(F)(F)F)C(F)(F)F.CCCC. The molecule has 1 nitrogen and oxygen atoms in total. The van der Waals surface area contributed by atoms with E-state index in [1.165, 1.54) is 12.8 Å². The van der Waals surface area contributed by atoms with Gasteiger partial charge < -0.3 is 5.11 Å². The van der Waals surface area contributed by atoms with E-state index in [2.05, 4.69) is 13.8 Å². The summed E-state index contributed by atoms with van der Waals surface area (Å²) in [6.07, 6.45) is -10.2. The van der Waals surface area contributed by atoms with E-state index in [4.69, 9.17) is 5.11 Å². The number of hydrogen-bond acceptors (Lipinski definition) is 1. The van der Waals surface area contributed by atoms with Gasteiger partial charge in [-0.15, -0.1) is 0 Å². The van der Waals surface area contributed by atoms with Crippen molar-refractivity contribution in [1.82, 2.24) is 0 Å². The topological polar surface area (TPSA) is 20.2 Å². The highest BCUT2D eigenvalue weighted by atomic mass is 19.4. The molecule has 1 N–H and O–H groups in total.